The number of imidazole rings is 1. The number of benzene rings is 1. The number of fused-ring (bicyclic) bond motifs is 1. The average molecular weight is 347 g/mol. The summed E-state index contributed by atoms with van der Waals surface area (Å²) < 4.78 is 39.3. The van der Waals surface area contributed by atoms with Gasteiger partial charge in [-0.25, -0.2) is 23.5 Å². The van der Waals surface area contributed by atoms with Crippen molar-refractivity contribution in [2.45, 2.75) is 20.5 Å². The summed E-state index contributed by atoms with van der Waals surface area (Å²) in [4.78, 5) is 20.4. The molecule has 0 saturated heterocycles. The minimum atomic E-state index is -0.710. The number of methoxy groups -OCH3 is 1. The Morgan fingerprint density at radius 1 is 1.20 bits per heavy atom. The Bertz CT molecular complexity index is 949. The first kappa shape index (κ1) is 16.8. The molecule has 2 aromatic heterocycles. The number of halogens is 2. The third kappa shape index (κ3) is 3.02. The second-order valence-electron chi connectivity index (χ2n) is 5.41. The number of nitrogens with zero attached hydrogens (tertiary/aromatic N) is 3. The molecule has 0 amide bonds. The van der Waals surface area contributed by atoms with Crippen LogP contribution in [0.1, 0.15) is 27.4 Å². The normalized spacial score (nSPS) is 10.9. The highest BCUT2D eigenvalue weighted by atomic mass is 19.1. The van der Waals surface area contributed by atoms with Crippen molar-refractivity contribution in [2.24, 2.45) is 0 Å². The number of esters is 1. The fraction of sp³-hybridized carbons (Fsp3) is 0.235. The van der Waals surface area contributed by atoms with Crippen LogP contribution in [0.5, 0.6) is 5.88 Å². The number of ether oxygens (including phenoxy) is 2. The lowest BCUT2D eigenvalue weighted by atomic mass is 10.2. The van der Waals surface area contributed by atoms with E-state index in [4.69, 9.17) is 9.47 Å². The number of rotatable bonds is 4. The molecular weight excluding hydrogens is 332 g/mol. The van der Waals surface area contributed by atoms with Crippen LogP contribution in [0.4, 0.5) is 8.78 Å². The third-order valence-electron chi connectivity index (χ3n) is 3.66. The van der Waals surface area contributed by atoms with Gasteiger partial charge in [-0.15, -0.1) is 0 Å². The number of aryl methyl sites for hydroxylation is 2. The Morgan fingerprint density at radius 3 is 2.52 bits per heavy atom. The van der Waals surface area contributed by atoms with E-state index in [1.54, 1.807) is 20.0 Å². The lowest BCUT2D eigenvalue weighted by Gasteiger charge is -2.09. The van der Waals surface area contributed by atoms with Crippen LogP contribution >= 0.6 is 0 Å². The quantitative estimate of drug-likeness (QED) is 0.679. The van der Waals surface area contributed by atoms with Gasteiger partial charge in [0.1, 0.15) is 18.2 Å². The molecule has 0 atom stereocenters. The monoisotopic (exact) mass is 347 g/mol. The molecule has 3 rings (SSSR count). The van der Waals surface area contributed by atoms with Crippen molar-refractivity contribution >= 4 is 11.6 Å². The molecule has 0 aliphatic heterocycles. The Kier molecular flexibility index (Phi) is 4.35. The van der Waals surface area contributed by atoms with Gasteiger partial charge in [0.25, 0.3) is 5.88 Å². The molecule has 130 valence electrons. The zero-order valence-corrected chi connectivity index (χ0v) is 13.8. The summed E-state index contributed by atoms with van der Waals surface area (Å²) in [5.41, 5.74) is 1.27. The summed E-state index contributed by atoms with van der Waals surface area (Å²) in [5.74, 6) is -1.90. The highest BCUT2D eigenvalue weighted by Gasteiger charge is 2.21. The van der Waals surface area contributed by atoms with Gasteiger partial charge in [0.05, 0.1) is 24.1 Å². The smallest absolute Gasteiger partial charge is 0.356 e. The van der Waals surface area contributed by atoms with Crippen molar-refractivity contribution in [2.75, 3.05) is 7.11 Å². The summed E-state index contributed by atoms with van der Waals surface area (Å²) in [7, 11) is 1.27. The summed E-state index contributed by atoms with van der Waals surface area (Å²) in [6, 6.07) is 3.57. The van der Waals surface area contributed by atoms with Crippen molar-refractivity contribution in [3.8, 4) is 5.88 Å². The van der Waals surface area contributed by atoms with Gasteiger partial charge in [-0.05, 0) is 26.0 Å². The van der Waals surface area contributed by atoms with E-state index in [9.17, 15) is 13.6 Å². The second kappa shape index (κ2) is 6.46. The zero-order valence-electron chi connectivity index (χ0n) is 13.8. The molecule has 1 aromatic carbocycles. The van der Waals surface area contributed by atoms with Crippen LogP contribution < -0.4 is 4.74 Å². The van der Waals surface area contributed by atoms with Crippen LogP contribution in [0.2, 0.25) is 0 Å². The lowest BCUT2D eigenvalue weighted by Crippen LogP contribution is -2.09. The molecule has 0 aliphatic carbocycles. The lowest BCUT2D eigenvalue weighted by molar-refractivity contribution is 0.0592. The highest BCUT2D eigenvalue weighted by molar-refractivity contribution is 5.90. The molecule has 0 radical (unpaired) electrons. The first-order valence-electron chi connectivity index (χ1n) is 7.42. The van der Waals surface area contributed by atoms with Crippen molar-refractivity contribution in [1.29, 1.82) is 0 Å². The Hall–Kier alpha value is -3.03. The predicted molar refractivity (Wildman–Crippen MR) is 84.5 cm³/mol. The maximum absolute atomic E-state index is 13.7. The van der Waals surface area contributed by atoms with Crippen LogP contribution in [0, 0.1) is 25.5 Å². The molecule has 0 fully saturated rings. The summed E-state index contributed by atoms with van der Waals surface area (Å²) >= 11 is 0. The standard InChI is InChI=1S/C17H15F2N3O3/c1-9-7-22-14(17(23)24-3)10(2)21-15(22)16(20-9)25-8-11-12(18)5-4-6-13(11)19/h4-7H,8H2,1-3H3. The van der Waals surface area contributed by atoms with Gasteiger partial charge < -0.3 is 9.47 Å². The summed E-state index contributed by atoms with van der Waals surface area (Å²) in [6.07, 6.45) is 1.61. The van der Waals surface area contributed by atoms with Crippen LogP contribution in [0.25, 0.3) is 5.65 Å². The van der Waals surface area contributed by atoms with Crippen LogP contribution in [0.15, 0.2) is 24.4 Å². The molecule has 25 heavy (non-hydrogen) atoms. The van der Waals surface area contributed by atoms with E-state index >= 15 is 0 Å². The van der Waals surface area contributed by atoms with Crippen molar-refractivity contribution < 1.29 is 23.0 Å². The number of aromatic nitrogens is 3. The SMILES string of the molecule is COC(=O)c1c(C)nc2c(OCc3c(F)cccc3F)nc(C)cn12. The minimum Gasteiger partial charge on any atom is -0.470 e. The van der Waals surface area contributed by atoms with E-state index in [0.717, 1.165) is 12.1 Å². The predicted octanol–water partition coefficient (Wildman–Crippen LogP) is 2.99. The van der Waals surface area contributed by atoms with Crippen molar-refractivity contribution in [3.63, 3.8) is 0 Å². The number of hydrogen-bond acceptors (Lipinski definition) is 5. The van der Waals surface area contributed by atoms with Gasteiger partial charge in [0.2, 0.25) is 5.65 Å². The number of carbonyl (C=O) groups is 1. The molecule has 0 aliphatic rings. The van der Waals surface area contributed by atoms with Crippen LogP contribution in [0.3, 0.4) is 0 Å². The topological polar surface area (TPSA) is 65.7 Å². The maximum atomic E-state index is 13.7. The summed E-state index contributed by atoms with van der Waals surface area (Å²) in [6.45, 7) is 2.99. The zero-order chi connectivity index (χ0) is 18.1. The van der Waals surface area contributed by atoms with Crippen LogP contribution in [-0.2, 0) is 11.3 Å². The van der Waals surface area contributed by atoms with E-state index in [0.29, 0.717) is 11.4 Å². The minimum absolute atomic E-state index is 0.0703. The van der Waals surface area contributed by atoms with Gasteiger partial charge in [-0.1, -0.05) is 6.07 Å². The van der Waals surface area contributed by atoms with Gasteiger partial charge in [-0.2, -0.15) is 0 Å². The summed E-state index contributed by atoms with van der Waals surface area (Å²) in [5, 5.41) is 0. The number of hydrogen-bond donors (Lipinski definition) is 0. The van der Waals surface area contributed by atoms with Gasteiger partial charge in [0.15, 0.2) is 5.69 Å². The first-order chi connectivity index (χ1) is 11.9. The van der Waals surface area contributed by atoms with Gasteiger partial charge in [0, 0.05) is 6.20 Å². The van der Waals surface area contributed by atoms with E-state index < -0.39 is 17.6 Å². The first-order valence-corrected chi connectivity index (χ1v) is 7.42. The third-order valence-corrected chi connectivity index (χ3v) is 3.66. The Morgan fingerprint density at radius 2 is 1.88 bits per heavy atom. The molecule has 0 N–H and O–H groups in total. The molecule has 0 unspecified atom stereocenters. The van der Waals surface area contributed by atoms with Gasteiger partial charge in [-0.3, -0.25) is 4.40 Å². The molecule has 0 saturated carbocycles. The van der Waals surface area contributed by atoms with E-state index in [2.05, 4.69) is 9.97 Å². The molecule has 3 aromatic rings. The van der Waals surface area contributed by atoms with E-state index in [1.807, 2.05) is 0 Å². The molecule has 0 bridgehead atoms. The molecule has 8 heteroatoms. The van der Waals surface area contributed by atoms with Crippen molar-refractivity contribution in [1.82, 2.24) is 14.4 Å². The molecule has 2 heterocycles. The molecule has 0 spiro atoms. The maximum Gasteiger partial charge on any atom is 0.356 e. The molecular formula is C17H15F2N3O3. The second-order valence-corrected chi connectivity index (χ2v) is 5.41. The van der Waals surface area contributed by atoms with E-state index in [1.165, 1.54) is 17.6 Å². The Balaban J connectivity index is 2.04. The Labute approximate surface area is 142 Å². The average Bonchev–Trinajstić information content (AvgIpc) is 2.89. The van der Waals surface area contributed by atoms with E-state index in [-0.39, 0.29) is 29.4 Å². The van der Waals surface area contributed by atoms with Crippen molar-refractivity contribution in [3.05, 3.63) is 58.7 Å². The largest absolute Gasteiger partial charge is 0.470 e. The van der Waals surface area contributed by atoms with Gasteiger partial charge >= 0.3 is 5.97 Å². The fourth-order valence-corrected chi connectivity index (χ4v) is 2.50. The molecule has 6 nitrogen and oxygen atoms in total. The van der Waals surface area contributed by atoms with Crippen LogP contribution in [-0.4, -0.2) is 27.4 Å². The highest BCUT2D eigenvalue weighted by Crippen LogP contribution is 2.23. The fourth-order valence-electron chi connectivity index (χ4n) is 2.50. The number of carbonyl (C=O) groups excluding carboxylic acids is 1.